The largest absolute Gasteiger partial charge is 0.493 e. The van der Waals surface area contributed by atoms with E-state index in [1.807, 2.05) is 31.3 Å². The number of benzene rings is 3. The van der Waals surface area contributed by atoms with Gasteiger partial charge in [-0.25, -0.2) is 4.98 Å². The summed E-state index contributed by atoms with van der Waals surface area (Å²) in [6.45, 7) is 2.92. The van der Waals surface area contributed by atoms with Crippen LogP contribution in [0.15, 0.2) is 72.9 Å². The molecule has 5 aromatic rings. The van der Waals surface area contributed by atoms with Crippen molar-refractivity contribution in [3.05, 3.63) is 84.1 Å². The Morgan fingerprint density at radius 2 is 1.65 bits per heavy atom. The Balaban J connectivity index is 1.45. The van der Waals surface area contributed by atoms with Crippen molar-refractivity contribution in [3.63, 3.8) is 0 Å². The third kappa shape index (κ3) is 5.16. The summed E-state index contributed by atoms with van der Waals surface area (Å²) in [5.74, 6) is 2.73. The highest BCUT2D eigenvalue weighted by Gasteiger charge is 2.18. The van der Waals surface area contributed by atoms with E-state index in [1.165, 1.54) is 16.5 Å². The van der Waals surface area contributed by atoms with Gasteiger partial charge in [0.05, 0.1) is 19.7 Å². The lowest BCUT2D eigenvalue weighted by molar-refractivity contribution is 0.356. The number of para-hydroxylation sites is 1. The highest BCUT2D eigenvalue weighted by molar-refractivity contribution is 5.93. The maximum atomic E-state index is 5.57. The molecule has 0 saturated carbocycles. The highest BCUT2D eigenvalue weighted by atomic mass is 16.5. The second-order valence-electron chi connectivity index (χ2n) is 9.28. The molecule has 7 nitrogen and oxygen atoms in total. The zero-order valence-electron chi connectivity index (χ0n) is 21.8. The van der Waals surface area contributed by atoms with Crippen molar-refractivity contribution < 1.29 is 9.47 Å². The number of likely N-dealkylation sites (N-methyl/N-ethyl adjacent to an activating group) is 1. The van der Waals surface area contributed by atoms with Crippen LogP contribution in [0.2, 0.25) is 0 Å². The lowest BCUT2D eigenvalue weighted by atomic mass is 10.1. The van der Waals surface area contributed by atoms with Gasteiger partial charge in [-0.15, -0.1) is 0 Å². The lowest BCUT2D eigenvalue weighted by Crippen LogP contribution is -2.32. The molecule has 7 heteroatoms. The molecule has 5 rings (SSSR count). The highest BCUT2D eigenvalue weighted by Crippen LogP contribution is 2.35. The van der Waals surface area contributed by atoms with Gasteiger partial charge in [-0.1, -0.05) is 48.5 Å². The number of fused-ring (bicyclic) bond motifs is 2. The monoisotopic (exact) mass is 495 g/mol. The molecule has 0 amide bonds. The third-order valence-electron chi connectivity index (χ3n) is 6.90. The first-order chi connectivity index (χ1) is 18.1. The van der Waals surface area contributed by atoms with E-state index < -0.39 is 0 Å². The Morgan fingerprint density at radius 1 is 0.919 bits per heavy atom. The normalized spacial score (nSPS) is 12.0. The quantitative estimate of drug-likeness (QED) is 0.253. The van der Waals surface area contributed by atoms with Crippen LogP contribution in [0.25, 0.3) is 21.8 Å². The molecule has 0 aliphatic rings. The zero-order valence-corrected chi connectivity index (χ0v) is 21.8. The summed E-state index contributed by atoms with van der Waals surface area (Å²) in [7, 11) is 5.33. The molecule has 190 valence electrons. The van der Waals surface area contributed by atoms with Crippen LogP contribution >= 0.6 is 0 Å². The summed E-state index contributed by atoms with van der Waals surface area (Å²) in [5, 5.41) is 5.72. The van der Waals surface area contributed by atoms with Gasteiger partial charge >= 0.3 is 0 Å². The summed E-state index contributed by atoms with van der Waals surface area (Å²) < 4.78 is 11.1. The number of hydrogen-bond acceptors (Lipinski definition) is 6. The van der Waals surface area contributed by atoms with Crippen molar-refractivity contribution in [1.82, 2.24) is 15.0 Å². The molecule has 2 heterocycles. The van der Waals surface area contributed by atoms with E-state index in [1.54, 1.807) is 14.2 Å². The van der Waals surface area contributed by atoms with Crippen molar-refractivity contribution in [2.75, 3.05) is 38.0 Å². The fraction of sp³-hybridized carbons (Fsp3) is 0.267. The Labute approximate surface area is 217 Å². The average Bonchev–Trinajstić information content (AvgIpc) is 3.35. The Kier molecular flexibility index (Phi) is 7.12. The second-order valence-corrected chi connectivity index (χ2v) is 9.28. The van der Waals surface area contributed by atoms with Gasteiger partial charge in [0.15, 0.2) is 11.5 Å². The molecule has 0 saturated heterocycles. The molecule has 37 heavy (non-hydrogen) atoms. The molecule has 0 spiro atoms. The van der Waals surface area contributed by atoms with Crippen LogP contribution in [0.4, 0.5) is 11.8 Å². The number of nitrogens with zero attached hydrogens (tertiary/aromatic N) is 3. The van der Waals surface area contributed by atoms with E-state index >= 15 is 0 Å². The molecule has 0 bridgehead atoms. The first kappa shape index (κ1) is 24.4. The molecule has 2 aromatic heterocycles. The van der Waals surface area contributed by atoms with Crippen molar-refractivity contribution >= 4 is 33.6 Å². The molecule has 3 aromatic carbocycles. The first-order valence-corrected chi connectivity index (χ1v) is 12.6. The van der Waals surface area contributed by atoms with Crippen molar-refractivity contribution in [2.45, 2.75) is 25.8 Å². The van der Waals surface area contributed by atoms with Crippen molar-refractivity contribution in [2.24, 2.45) is 0 Å². The van der Waals surface area contributed by atoms with Crippen LogP contribution in [0.3, 0.4) is 0 Å². The minimum atomic E-state index is 0.207. The average molecular weight is 496 g/mol. The van der Waals surface area contributed by atoms with Gasteiger partial charge in [0, 0.05) is 48.2 Å². The Hall–Kier alpha value is -4.26. The van der Waals surface area contributed by atoms with Crippen LogP contribution in [-0.4, -0.2) is 48.8 Å². The summed E-state index contributed by atoms with van der Waals surface area (Å²) in [6.07, 6.45) is 3.84. The van der Waals surface area contributed by atoms with Crippen LogP contribution < -0.4 is 19.7 Å². The lowest BCUT2D eigenvalue weighted by Gasteiger charge is -2.26. The van der Waals surface area contributed by atoms with Gasteiger partial charge in [-0.3, -0.25) is 0 Å². The standard InChI is InChI=1S/C30H33N5O2/c1-20(16-21-10-6-5-7-11-21)35(2)30-33-26-18-28(37-4)27(36-3)17-24(26)29(34-30)31-15-14-22-19-32-25-13-9-8-12-23(22)25/h5-13,17-20,32H,14-16H2,1-4H3,(H,31,33,34)/t20-/m0/s1. The van der Waals surface area contributed by atoms with E-state index in [-0.39, 0.29) is 6.04 Å². The number of methoxy groups -OCH3 is 2. The maximum Gasteiger partial charge on any atom is 0.227 e. The molecular weight excluding hydrogens is 462 g/mol. The number of nitrogens with one attached hydrogen (secondary N) is 2. The molecule has 0 unspecified atom stereocenters. The van der Waals surface area contributed by atoms with Crippen LogP contribution in [-0.2, 0) is 12.8 Å². The topological polar surface area (TPSA) is 75.3 Å². The maximum absolute atomic E-state index is 5.57. The number of rotatable bonds is 10. The Bertz CT molecular complexity index is 1500. The van der Waals surface area contributed by atoms with Gasteiger partial charge in [0.2, 0.25) is 5.95 Å². The molecular formula is C30H33N5O2. The van der Waals surface area contributed by atoms with Crippen LogP contribution in [0.5, 0.6) is 11.5 Å². The van der Waals surface area contributed by atoms with Gasteiger partial charge < -0.3 is 24.7 Å². The van der Waals surface area contributed by atoms with E-state index in [9.17, 15) is 0 Å². The molecule has 1 atom stereocenters. The number of aromatic amines is 1. The number of ether oxygens (including phenoxy) is 2. The predicted molar refractivity (Wildman–Crippen MR) is 151 cm³/mol. The molecule has 0 aliphatic carbocycles. The number of anilines is 2. The fourth-order valence-corrected chi connectivity index (χ4v) is 4.68. The van der Waals surface area contributed by atoms with Crippen LogP contribution in [0, 0.1) is 0 Å². The van der Waals surface area contributed by atoms with Gasteiger partial charge in [-0.2, -0.15) is 4.98 Å². The second kappa shape index (κ2) is 10.8. The molecule has 0 fully saturated rings. The van der Waals surface area contributed by atoms with Gasteiger partial charge in [0.25, 0.3) is 0 Å². The summed E-state index contributed by atoms with van der Waals surface area (Å²) in [6, 6.07) is 22.9. The SMILES string of the molecule is COc1cc2nc(N(C)[C@@H](C)Cc3ccccc3)nc(NCCc3c[nH]c4ccccc34)c2cc1OC. The summed E-state index contributed by atoms with van der Waals surface area (Å²) >= 11 is 0. The molecule has 0 radical (unpaired) electrons. The predicted octanol–water partition coefficient (Wildman–Crippen LogP) is 5.85. The zero-order chi connectivity index (χ0) is 25.8. The molecule has 2 N–H and O–H groups in total. The van der Waals surface area contributed by atoms with E-state index in [0.717, 1.165) is 41.6 Å². The summed E-state index contributed by atoms with van der Waals surface area (Å²) in [5.41, 5.74) is 4.51. The minimum Gasteiger partial charge on any atom is -0.493 e. The Morgan fingerprint density at radius 3 is 2.43 bits per heavy atom. The van der Waals surface area contributed by atoms with E-state index in [4.69, 9.17) is 19.4 Å². The third-order valence-corrected chi connectivity index (χ3v) is 6.90. The molecule has 0 aliphatic heterocycles. The van der Waals surface area contributed by atoms with E-state index in [0.29, 0.717) is 17.4 Å². The van der Waals surface area contributed by atoms with E-state index in [2.05, 4.69) is 70.8 Å². The number of H-pyrrole nitrogens is 1. The summed E-state index contributed by atoms with van der Waals surface area (Å²) in [4.78, 5) is 15.4. The first-order valence-electron chi connectivity index (χ1n) is 12.6. The van der Waals surface area contributed by atoms with Crippen LogP contribution in [0.1, 0.15) is 18.1 Å². The van der Waals surface area contributed by atoms with Gasteiger partial charge in [0.1, 0.15) is 5.82 Å². The van der Waals surface area contributed by atoms with Crippen molar-refractivity contribution in [1.29, 1.82) is 0 Å². The van der Waals surface area contributed by atoms with Gasteiger partial charge in [-0.05, 0) is 43.0 Å². The number of hydrogen-bond donors (Lipinski definition) is 2. The smallest absolute Gasteiger partial charge is 0.227 e. The van der Waals surface area contributed by atoms with Crippen molar-refractivity contribution in [3.8, 4) is 11.5 Å². The fourth-order valence-electron chi connectivity index (χ4n) is 4.68. The number of aromatic nitrogens is 3. The minimum absolute atomic E-state index is 0.207.